The van der Waals surface area contributed by atoms with Gasteiger partial charge < -0.3 is 10.6 Å². The van der Waals surface area contributed by atoms with Crippen LogP contribution in [0.25, 0.3) is 0 Å². The van der Waals surface area contributed by atoms with Crippen LogP contribution >= 0.6 is 11.6 Å². The Morgan fingerprint density at radius 2 is 1.67 bits per heavy atom. The lowest BCUT2D eigenvalue weighted by Gasteiger charge is -2.27. The molecule has 24 heavy (non-hydrogen) atoms. The third-order valence-corrected chi connectivity index (χ3v) is 3.69. The van der Waals surface area contributed by atoms with Crippen LogP contribution in [0.1, 0.15) is 25.0 Å². The summed E-state index contributed by atoms with van der Waals surface area (Å²) in [5, 5.41) is 4.85. The monoisotopic (exact) mass is 356 g/mol. The van der Waals surface area contributed by atoms with Crippen LogP contribution in [0.4, 0.5) is 23.7 Å². The molecule has 0 saturated carbocycles. The second-order valence-electron chi connectivity index (χ2n) is 5.76. The molecule has 0 saturated heterocycles. The molecule has 2 aromatic carbocycles. The predicted molar refractivity (Wildman–Crippen MR) is 88.1 cm³/mol. The summed E-state index contributed by atoms with van der Waals surface area (Å²) in [5.74, 6) is 0. The van der Waals surface area contributed by atoms with Crippen molar-refractivity contribution in [3.63, 3.8) is 0 Å². The van der Waals surface area contributed by atoms with Crippen molar-refractivity contribution in [2.24, 2.45) is 0 Å². The van der Waals surface area contributed by atoms with Gasteiger partial charge in [-0.2, -0.15) is 13.2 Å². The Bertz CT molecular complexity index is 730. The Balaban J connectivity index is 2.19. The Morgan fingerprint density at radius 3 is 2.25 bits per heavy atom. The Hall–Kier alpha value is -2.21. The van der Waals surface area contributed by atoms with Gasteiger partial charge in [0.25, 0.3) is 0 Å². The van der Waals surface area contributed by atoms with E-state index in [2.05, 4.69) is 10.6 Å². The molecule has 0 unspecified atom stereocenters. The first-order valence-corrected chi connectivity index (χ1v) is 7.49. The molecule has 3 nitrogen and oxygen atoms in total. The highest BCUT2D eigenvalue weighted by molar-refractivity contribution is 6.30. The third kappa shape index (κ3) is 4.41. The maximum Gasteiger partial charge on any atom is 0.418 e. The topological polar surface area (TPSA) is 41.1 Å². The number of nitrogens with one attached hydrogen (secondary N) is 2. The van der Waals surface area contributed by atoms with Crippen LogP contribution in [0.15, 0.2) is 48.5 Å². The maximum atomic E-state index is 13.1. The smallest absolute Gasteiger partial charge is 0.329 e. The Labute approximate surface area is 142 Å². The summed E-state index contributed by atoms with van der Waals surface area (Å²) < 4.78 is 39.2. The van der Waals surface area contributed by atoms with Gasteiger partial charge >= 0.3 is 12.2 Å². The van der Waals surface area contributed by atoms with Gasteiger partial charge in [-0.1, -0.05) is 41.9 Å². The number of urea groups is 1. The number of halogens is 4. The molecule has 2 amide bonds. The summed E-state index contributed by atoms with van der Waals surface area (Å²) in [5.41, 5.74) is -1.28. The zero-order chi connectivity index (χ0) is 18.0. The van der Waals surface area contributed by atoms with Crippen molar-refractivity contribution < 1.29 is 18.0 Å². The number of benzene rings is 2. The minimum absolute atomic E-state index is 0.0575. The third-order valence-electron chi connectivity index (χ3n) is 3.46. The fraction of sp³-hybridized carbons (Fsp3) is 0.235. The second kappa shape index (κ2) is 6.73. The molecule has 128 valence electrons. The highest BCUT2D eigenvalue weighted by Gasteiger charge is 2.34. The summed E-state index contributed by atoms with van der Waals surface area (Å²) in [6.45, 7) is 3.52. The van der Waals surface area contributed by atoms with E-state index in [1.54, 1.807) is 13.8 Å². The zero-order valence-electron chi connectivity index (χ0n) is 13.0. The van der Waals surface area contributed by atoms with Crippen LogP contribution in [-0.4, -0.2) is 6.03 Å². The van der Waals surface area contributed by atoms with Crippen LogP contribution in [0, 0.1) is 0 Å². The van der Waals surface area contributed by atoms with Crippen LogP contribution in [0.5, 0.6) is 0 Å². The zero-order valence-corrected chi connectivity index (χ0v) is 13.8. The lowest BCUT2D eigenvalue weighted by molar-refractivity contribution is -0.136. The van der Waals surface area contributed by atoms with Gasteiger partial charge in [0.1, 0.15) is 0 Å². The molecule has 2 rings (SSSR count). The second-order valence-corrected chi connectivity index (χ2v) is 6.19. The lowest BCUT2D eigenvalue weighted by atomic mass is 9.95. The molecular weight excluding hydrogens is 341 g/mol. The van der Waals surface area contributed by atoms with Gasteiger partial charge in [-0.3, -0.25) is 0 Å². The summed E-state index contributed by atoms with van der Waals surface area (Å²) in [6, 6.07) is 11.6. The Morgan fingerprint density at radius 1 is 1.04 bits per heavy atom. The van der Waals surface area contributed by atoms with E-state index in [1.165, 1.54) is 6.07 Å². The van der Waals surface area contributed by atoms with Gasteiger partial charge in [0.15, 0.2) is 0 Å². The van der Waals surface area contributed by atoms with E-state index in [-0.39, 0.29) is 10.7 Å². The van der Waals surface area contributed by atoms with Gasteiger partial charge in [0.05, 0.1) is 16.8 Å². The molecule has 2 aromatic rings. The van der Waals surface area contributed by atoms with Crippen molar-refractivity contribution in [1.82, 2.24) is 5.32 Å². The highest BCUT2D eigenvalue weighted by atomic mass is 35.5. The number of hydrogen-bond donors (Lipinski definition) is 2. The van der Waals surface area contributed by atoms with E-state index < -0.39 is 23.3 Å². The molecule has 0 bridgehead atoms. The first-order chi connectivity index (χ1) is 11.1. The minimum atomic E-state index is -4.62. The molecular formula is C17H16ClF3N2O. The Kier molecular flexibility index (Phi) is 5.08. The van der Waals surface area contributed by atoms with Crippen molar-refractivity contribution >= 4 is 23.3 Å². The fourth-order valence-electron chi connectivity index (χ4n) is 2.22. The van der Waals surface area contributed by atoms with E-state index >= 15 is 0 Å². The van der Waals surface area contributed by atoms with E-state index in [0.29, 0.717) is 0 Å². The largest absolute Gasteiger partial charge is 0.418 e. The molecule has 0 aliphatic heterocycles. The minimum Gasteiger partial charge on any atom is -0.329 e. The van der Waals surface area contributed by atoms with Gasteiger partial charge in [-0.15, -0.1) is 0 Å². The van der Waals surface area contributed by atoms with Crippen molar-refractivity contribution in [3.8, 4) is 0 Å². The van der Waals surface area contributed by atoms with Crippen molar-refractivity contribution in [2.45, 2.75) is 25.6 Å². The van der Waals surface area contributed by atoms with Gasteiger partial charge in [0, 0.05) is 5.02 Å². The molecule has 0 aliphatic carbocycles. The molecule has 7 heteroatoms. The summed E-state index contributed by atoms with van der Waals surface area (Å²) >= 11 is 5.62. The molecule has 0 fully saturated rings. The van der Waals surface area contributed by atoms with Gasteiger partial charge in [-0.25, -0.2) is 4.79 Å². The van der Waals surface area contributed by atoms with Gasteiger partial charge in [0.2, 0.25) is 0 Å². The average Bonchev–Trinajstić information content (AvgIpc) is 2.48. The molecule has 0 aliphatic rings. The first-order valence-electron chi connectivity index (χ1n) is 7.11. The van der Waals surface area contributed by atoms with Crippen LogP contribution in [0.2, 0.25) is 5.02 Å². The van der Waals surface area contributed by atoms with Crippen molar-refractivity contribution in [1.29, 1.82) is 0 Å². The van der Waals surface area contributed by atoms with Crippen molar-refractivity contribution in [3.05, 3.63) is 64.7 Å². The molecule has 0 atom stereocenters. The summed E-state index contributed by atoms with van der Waals surface area (Å²) in [6.07, 6.45) is -4.62. The number of amides is 2. The maximum absolute atomic E-state index is 13.1. The van der Waals surface area contributed by atoms with E-state index in [0.717, 1.165) is 17.7 Å². The highest BCUT2D eigenvalue weighted by Crippen LogP contribution is 2.36. The number of carbonyl (C=O) groups is 1. The number of rotatable bonds is 3. The number of carbonyl (C=O) groups excluding carboxylic acids is 1. The molecule has 0 spiro atoms. The summed E-state index contributed by atoms with van der Waals surface area (Å²) in [4.78, 5) is 12.1. The first kappa shape index (κ1) is 18.1. The van der Waals surface area contributed by atoms with Crippen LogP contribution < -0.4 is 10.6 Å². The normalized spacial score (nSPS) is 11.9. The number of anilines is 1. The van der Waals surface area contributed by atoms with E-state index in [9.17, 15) is 18.0 Å². The van der Waals surface area contributed by atoms with Crippen molar-refractivity contribution in [2.75, 3.05) is 5.32 Å². The van der Waals surface area contributed by atoms with Crippen LogP contribution in [0.3, 0.4) is 0 Å². The number of hydrogen-bond acceptors (Lipinski definition) is 1. The van der Waals surface area contributed by atoms with E-state index in [1.807, 2.05) is 30.3 Å². The quantitative estimate of drug-likeness (QED) is 0.758. The van der Waals surface area contributed by atoms with Gasteiger partial charge in [-0.05, 0) is 37.6 Å². The molecule has 2 N–H and O–H groups in total. The molecule has 0 aromatic heterocycles. The van der Waals surface area contributed by atoms with Crippen LogP contribution in [-0.2, 0) is 11.7 Å². The average molecular weight is 357 g/mol. The molecule has 0 radical (unpaired) electrons. The fourth-order valence-corrected chi connectivity index (χ4v) is 2.40. The van der Waals surface area contributed by atoms with E-state index in [4.69, 9.17) is 11.6 Å². The SMILES string of the molecule is CC(C)(NC(=O)Nc1ccc(Cl)cc1C(F)(F)F)c1ccccc1. The summed E-state index contributed by atoms with van der Waals surface area (Å²) in [7, 11) is 0. The lowest BCUT2D eigenvalue weighted by Crippen LogP contribution is -2.43. The molecule has 0 heterocycles. The predicted octanol–water partition coefficient (Wildman–Crippen LogP) is 5.42. The standard InChI is InChI=1S/C17H16ClF3N2O/c1-16(2,11-6-4-3-5-7-11)23-15(24)22-14-9-8-12(18)10-13(14)17(19,20)21/h3-10H,1-2H3,(H2,22,23,24). The number of alkyl halides is 3.